The third-order valence-corrected chi connectivity index (χ3v) is 1.20. The van der Waals surface area contributed by atoms with Gasteiger partial charge in [-0.2, -0.15) is 5.26 Å². The molecule has 0 amide bonds. The normalized spacial score (nSPS) is 7.83. The smallest absolute Gasteiger partial charge is 0.228 e. The Kier molecular flexibility index (Phi) is 4.47. The van der Waals surface area contributed by atoms with Crippen LogP contribution >= 0.6 is 0 Å². The molecule has 0 N–H and O–H groups in total. The number of rotatable bonds is 0. The van der Waals surface area contributed by atoms with Gasteiger partial charge in [0, 0.05) is 13.1 Å². The maximum absolute atomic E-state index is 10.7. The van der Waals surface area contributed by atoms with Crippen molar-refractivity contribution in [2.75, 3.05) is 0 Å². The molecule has 0 aliphatic carbocycles. The van der Waals surface area contributed by atoms with Gasteiger partial charge in [-0.15, -0.1) is 0 Å². The lowest BCUT2D eigenvalue weighted by atomic mass is 10.5. The first-order valence-electron chi connectivity index (χ1n) is 3.84. The third kappa shape index (κ3) is 2.24. The summed E-state index contributed by atoms with van der Waals surface area (Å²) in [6.45, 7) is 5.42. The molecular formula is C9H12N2O. The van der Waals surface area contributed by atoms with Gasteiger partial charge in [-0.25, -0.2) is 0 Å². The Morgan fingerprint density at radius 1 is 1.58 bits per heavy atom. The summed E-state index contributed by atoms with van der Waals surface area (Å²) in [6.07, 6.45) is 1.57. The molecule has 1 aromatic rings. The van der Waals surface area contributed by atoms with Crippen LogP contribution in [-0.2, 0) is 0 Å². The summed E-state index contributed by atoms with van der Waals surface area (Å²) >= 11 is 0. The summed E-state index contributed by atoms with van der Waals surface area (Å²) in [6, 6.07) is 5.16. The van der Waals surface area contributed by atoms with Crippen molar-refractivity contribution in [3.8, 4) is 6.07 Å². The van der Waals surface area contributed by atoms with Crippen LogP contribution < -0.4 is 0 Å². The fraction of sp³-hybridized carbons (Fsp3) is 0.333. The zero-order chi connectivity index (χ0) is 9.56. The van der Waals surface area contributed by atoms with Crippen molar-refractivity contribution in [1.29, 1.82) is 5.26 Å². The van der Waals surface area contributed by atoms with E-state index in [0.717, 1.165) is 0 Å². The van der Waals surface area contributed by atoms with Crippen LogP contribution in [0.1, 0.15) is 31.3 Å². The second kappa shape index (κ2) is 5.14. The van der Waals surface area contributed by atoms with Crippen molar-refractivity contribution in [1.82, 2.24) is 4.57 Å². The molecule has 0 bridgehead atoms. The Labute approximate surface area is 72.2 Å². The summed E-state index contributed by atoms with van der Waals surface area (Å²) in [4.78, 5) is 10.7. The molecule has 0 aliphatic heterocycles. The minimum atomic E-state index is -0.137. The van der Waals surface area contributed by atoms with Crippen LogP contribution in [0.3, 0.4) is 0 Å². The first kappa shape index (κ1) is 10.4. The van der Waals surface area contributed by atoms with Gasteiger partial charge < -0.3 is 0 Å². The van der Waals surface area contributed by atoms with Gasteiger partial charge in [0.25, 0.3) is 0 Å². The van der Waals surface area contributed by atoms with E-state index in [-0.39, 0.29) is 5.91 Å². The average Bonchev–Trinajstić information content (AvgIpc) is 2.55. The SMILES string of the molecule is CC.CC(=O)n1cccc1C#N. The van der Waals surface area contributed by atoms with Crippen LogP contribution in [0.5, 0.6) is 0 Å². The fourth-order valence-corrected chi connectivity index (χ4v) is 0.747. The molecule has 3 heteroatoms. The van der Waals surface area contributed by atoms with E-state index in [1.54, 1.807) is 18.3 Å². The van der Waals surface area contributed by atoms with E-state index >= 15 is 0 Å². The number of nitriles is 1. The summed E-state index contributed by atoms with van der Waals surface area (Å²) in [5.74, 6) is -0.137. The topological polar surface area (TPSA) is 45.8 Å². The van der Waals surface area contributed by atoms with Gasteiger partial charge in [-0.05, 0) is 12.1 Å². The minimum Gasteiger partial charge on any atom is -0.279 e. The van der Waals surface area contributed by atoms with Crippen molar-refractivity contribution in [2.24, 2.45) is 0 Å². The van der Waals surface area contributed by atoms with E-state index in [2.05, 4.69) is 0 Å². The van der Waals surface area contributed by atoms with E-state index in [9.17, 15) is 4.79 Å². The number of nitrogens with zero attached hydrogens (tertiary/aromatic N) is 2. The summed E-state index contributed by atoms with van der Waals surface area (Å²) in [5.41, 5.74) is 0.382. The van der Waals surface area contributed by atoms with Gasteiger partial charge in [0.05, 0.1) is 0 Å². The molecule has 64 valence electrons. The minimum absolute atomic E-state index is 0.137. The lowest BCUT2D eigenvalue weighted by Gasteiger charge is -1.94. The van der Waals surface area contributed by atoms with Crippen LogP contribution in [0.25, 0.3) is 0 Å². The molecule has 0 atom stereocenters. The van der Waals surface area contributed by atoms with Crippen LogP contribution in [0.4, 0.5) is 0 Å². The second-order valence-corrected chi connectivity index (χ2v) is 1.89. The molecular weight excluding hydrogens is 152 g/mol. The van der Waals surface area contributed by atoms with Gasteiger partial charge >= 0.3 is 0 Å². The number of carbonyl (C=O) groups is 1. The number of hydrogen-bond acceptors (Lipinski definition) is 2. The first-order valence-corrected chi connectivity index (χ1v) is 3.84. The van der Waals surface area contributed by atoms with Gasteiger partial charge in [0.2, 0.25) is 5.91 Å². The van der Waals surface area contributed by atoms with E-state index in [1.807, 2.05) is 19.9 Å². The fourth-order valence-electron chi connectivity index (χ4n) is 0.747. The van der Waals surface area contributed by atoms with Crippen LogP contribution in [0.15, 0.2) is 18.3 Å². The Bertz CT molecular complexity index is 294. The molecule has 0 aromatic carbocycles. The Hall–Kier alpha value is -1.56. The molecule has 0 spiro atoms. The van der Waals surface area contributed by atoms with Crippen LogP contribution in [0.2, 0.25) is 0 Å². The Balaban J connectivity index is 0.000000561. The molecule has 0 saturated carbocycles. The Morgan fingerprint density at radius 3 is 2.50 bits per heavy atom. The first-order chi connectivity index (χ1) is 5.75. The number of hydrogen-bond donors (Lipinski definition) is 0. The van der Waals surface area contributed by atoms with Gasteiger partial charge in [0.15, 0.2) is 0 Å². The second-order valence-electron chi connectivity index (χ2n) is 1.89. The van der Waals surface area contributed by atoms with Crippen molar-refractivity contribution in [3.63, 3.8) is 0 Å². The number of carbonyl (C=O) groups excluding carboxylic acids is 1. The highest BCUT2D eigenvalue weighted by Gasteiger charge is 2.00. The van der Waals surface area contributed by atoms with Gasteiger partial charge in [0.1, 0.15) is 11.8 Å². The third-order valence-electron chi connectivity index (χ3n) is 1.20. The largest absolute Gasteiger partial charge is 0.279 e. The average molecular weight is 164 g/mol. The molecule has 0 fully saturated rings. The van der Waals surface area contributed by atoms with Crippen molar-refractivity contribution in [3.05, 3.63) is 24.0 Å². The summed E-state index contributed by atoms with van der Waals surface area (Å²) in [5, 5.41) is 8.43. The predicted molar refractivity (Wildman–Crippen MR) is 46.8 cm³/mol. The van der Waals surface area contributed by atoms with Gasteiger partial charge in [-0.3, -0.25) is 9.36 Å². The maximum Gasteiger partial charge on any atom is 0.228 e. The molecule has 0 saturated heterocycles. The molecule has 1 aromatic heterocycles. The highest BCUT2D eigenvalue weighted by Crippen LogP contribution is 1.98. The summed E-state index contributed by atoms with van der Waals surface area (Å²) in [7, 11) is 0. The zero-order valence-corrected chi connectivity index (χ0v) is 7.53. The van der Waals surface area contributed by atoms with E-state index in [0.29, 0.717) is 5.69 Å². The van der Waals surface area contributed by atoms with E-state index < -0.39 is 0 Å². The lowest BCUT2D eigenvalue weighted by Crippen LogP contribution is -2.05. The number of aromatic nitrogens is 1. The molecule has 12 heavy (non-hydrogen) atoms. The molecule has 1 heterocycles. The highest BCUT2D eigenvalue weighted by molar-refractivity contribution is 5.77. The van der Waals surface area contributed by atoms with Crippen molar-refractivity contribution < 1.29 is 4.79 Å². The molecule has 3 nitrogen and oxygen atoms in total. The predicted octanol–water partition coefficient (Wildman–Crippen LogP) is 2.05. The lowest BCUT2D eigenvalue weighted by molar-refractivity contribution is 0.0936. The quantitative estimate of drug-likeness (QED) is 0.589. The van der Waals surface area contributed by atoms with E-state index in [1.165, 1.54) is 11.5 Å². The van der Waals surface area contributed by atoms with Crippen molar-refractivity contribution in [2.45, 2.75) is 20.8 Å². The summed E-state index contributed by atoms with van der Waals surface area (Å²) < 4.78 is 1.31. The highest BCUT2D eigenvalue weighted by atomic mass is 16.1. The van der Waals surface area contributed by atoms with Gasteiger partial charge in [-0.1, -0.05) is 13.8 Å². The van der Waals surface area contributed by atoms with Crippen LogP contribution in [-0.4, -0.2) is 10.5 Å². The zero-order valence-electron chi connectivity index (χ0n) is 7.53. The monoisotopic (exact) mass is 164 g/mol. The maximum atomic E-state index is 10.7. The van der Waals surface area contributed by atoms with E-state index in [4.69, 9.17) is 5.26 Å². The molecule has 0 aliphatic rings. The standard InChI is InChI=1S/C7H6N2O.C2H6/c1-6(10)9-4-2-3-7(9)5-8;1-2/h2-4H,1H3;1-2H3. The molecule has 0 radical (unpaired) electrons. The molecule has 1 rings (SSSR count). The van der Waals surface area contributed by atoms with Crippen molar-refractivity contribution >= 4 is 5.91 Å². The molecule has 0 unspecified atom stereocenters. The van der Waals surface area contributed by atoms with Crippen LogP contribution in [0, 0.1) is 11.3 Å². The Morgan fingerprint density at radius 2 is 2.17 bits per heavy atom.